The molecule has 0 fully saturated rings. The summed E-state index contributed by atoms with van der Waals surface area (Å²) in [6, 6.07) is 4.78. The molecule has 18 heavy (non-hydrogen) atoms. The van der Waals surface area contributed by atoms with Gasteiger partial charge in [0.25, 0.3) is 0 Å². The third-order valence-electron chi connectivity index (χ3n) is 2.50. The van der Waals surface area contributed by atoms with E-state index in [9.17, 15) is 4.39 Å². The van der Waals surface area contributed by atoms with Gasteiger partial charge in [0.15, 0.2) is 0 Å². The van der Waals surface area contributed by atoms with Crippen molar-refractivity contribution in [2.24, 2.45) is 0 Å². The Morgan fingerprint density at radius 1 is 1.44 bits per heavy atom. The van der Waals surface area contributed by atoms with Crippen LogP contribution in [-0.2, 0) is 0 Å². The highest BCUT2D eigenvalue weighted by atomic mass is 79.9. The number of nitrogen functional groups attached to an aromatic ring is 1. The molecule has 0 radical (unpaired) electrons. The first-order chi connectivity index (χ1) is 8.56. The van der Waals surface area contributed by atoms with Crippen LogP contribution in [0.25, 0.3) is 16.2 Å². The number of nitrogens with zero attached hydrogens (tertiary/aromatic N) is 2. The number of aromatic nitrogens is 2. The monoisotopic (exact) mass is 345 g/mol. The van der Waals surface area contributed by atoms with Gasteiger partial charge in [-0.3, -0.25) is 4.40 Å². The third kappa shape index (κ3) is 1.81. The van der Waals surface area contributed by atoms with E-state index in [-0.39, 0.29) is 5.82 Å². The molecule has 0 aromatic carbocycles. The van der Waals surface area contributed by atoms with Crippen molar-refractivity contribution in [3.63, 3.8) is 0 Å². The van der Waals surface area contributed by atoms with Crippen molar-refractivity contribution < 1.29 is 4.39 Å². The van der Waals surface area contributed by atoms with Crippen molar-refractivity contribution in [3.8, 4) is 10.6 Å². The van der Waals surface area contributed by atoms with Gasteiger partial charge < -0.3 is 5.73 Å². The van der Waals surface area contributed by atoms with Gasteiger partial charge in [0.1, 0.15) is 27.3 Å². The van der Waals surface area contributed by atoms with E-state index in [4.69, 9.17) is 17.3 Å². The second-order valence-corrected chi connectivity index (χ2v) is 6.16. The Morgan fingerprint density at radius 3 is 2.89 bits per heavy atom. The maximum absolute atomic E-state index is 13.2. The first-order valence-electron chi connectivity index (χ1n) is 4.94. The number of imidazole rings is 1. The molecule has 3 rings (SSSR count). The van der Waals surface area contributed by atoms with Crippen LogP contribution in [0.5, 0.6) is 0 Å². The smallest absolute Gasteiger partial charge is 0.140 e. The van der Waals surface area contributed by atoms with Gasteiger partial charge in [0.05, 0.1) is 4.88 Å². The van der Waals surface area contributed by atoms with E-state index in [0.717, 1.165) is 9.35 Å². The van der Waals surface area contributed by atoms with E-state index < -0.39 is 0 Å². The highest BCUT2D eigenvalue weighted by Crippen LogP contribution is 2.39. The summed E-state index contributed by atoms with van der Waals surface area (Å²) in [7, 11) is 0. The number of fused-ring (bicyclic) bond motifs is 1. The molecule has 0 aliphatic rings. The number of nitrogens with two attached hydrogens (primary N) is 1. The first-order valence-corrected chi connectivity index (χ1v) is 6.93. The maximum atomic E-state index is 13.2. The first kappa shape index (κ1) is 12.0. The van der Waals surface area contributed by atoms with Gasteiger partial charge in [-0.05, 0) is 34.1 Å². The third-order valence-corrected chi connectivity index (χ3v) is 4.98. The van der Waals surface area contributed by atoms with Gasteiger partial charge in [-0.15, -0.1) is 11.3 Å². The molecule has 0 unspecified atom stereocenters. The predicted octanol–water partition coefficient (Wildman–Crippen LogP) is 4.20. The van der Waals surface area contributed by atoms with Gasteiger partial charge in [-0.25, -0.2) is 9.37 Å². The number of pyridine rings is 1. The summed E-state index contributed by atoms with van der Waals surface area (Å²) in [4.78, 5) is 5.22. The minimum absolute atomic E-state index is 0.358. The highest BCUT2D eigenvalue weighted by molar-refractivity contribution is 9.10. The molecule has 7 heteroatoms. The number of rotatable bonds is 1. The molecule has 3 aromatic heterocycles. The summed E-state index contributed by atoms with van der Waals surface area (Å²) >= 11 is 10.7. The molecule has 92 valence electrons. The minimum Gasteiger partial charge on any atom is -0.383 e. The van der Waals surface area contributed by atoms with E-state index in [1.54, 1.807) is 6.07 Å². The fraction of sp³-hybridized carbons (Fsp3) is 0. The number of halogens is 3. The van der Waals surface area contributed by atoms with Gasteiger partial charge in [0.2, 0.25) is 0 Å². The van der Waals surface area contributed by atoms with Crippen molar-refractivity contribution in [2.75, 3.05) is 5.73 Å². The van der Waals surface area contributed by atoms with Crippen LogP contribution < -0.4 is 5.73 Å². The molecule has 0 amide bonds. The SMILES string of the molecule is Nc1c(-c2cc(Br)c(Cl)s2)nc2ccc(F)cn12. The van der Waals surface area contributed by atoms with E-state index in [2.05, 4.69) is 20.9 Å². The molecule has 2 N–H and O–H groups in total. The average Bonchev–Trinajstić information content (AvgIpc) is 2.82. The Hall–Kier alpha value is -1.11. The minimum atomic E-state index is -0.358. The van der Waals surface area contributed by atoms with E-state index in [1.165, 1.54) is 28.0 Å². The molecule has 0 aliphatic carbocycles. The van der Waals surface area contributed by atoms with E-state index in [0.29, 0.717) is 21.5 Å². The van der Waals surface area contributed by atoms with Crippen LogP contribution in [0.3, 0.4) is 0 Å². The standard InChI is InChI=1S/C11H6BrClFN3S/c12-6-3-7(18-10(6)13)9-11(15)17-4-5(14)1-2-8(17)16-9/h1-4H,15H2. The van der Waals surface area contributed by atoms with Crippen molar-refractivity contribution >= 4 is 50.3 Å². The van der Waals surface area contributed by atoms with Crippen molar-refractivity contribution in [1.82, 2.24) is 9.38 Å². The summed E-state index contributed by atoms with van der Waals surface area (Å²) < 4.78 is 16.1. The van der Waals surface area contributed by atoms with Crippen LogP contribution in [0, 0.1) is 5.82 Å². The summed E-state index contributed by atoms with van der Waals surface area (Å²) in [6.07, 6.45) is 1.31. The Morgan fingerprint density at radius 2 is 2.22 bits per heavy atom. The van der Waals surface area contributed by atoms with Crippen LogP contribution in [0.4, 0.5) is 10.2 Å². The highest BCUT2D eigenvalue weighted by Gasteiger charge is 2.15. The van der Waals surface area contributed by atoms with E-state index in [1.807, 2.05) is 6.07 Å². The molecule has 0 atom stereocenters. The Balaban J connectivity index is 2.26. The number of anilines is 1. The predicted molar refractivity (Wildman–Crippen MR) is 75.6 cm³/mol. The maximum Gasteiger partial charge on any atom is 0.140 e. The molecular weight excluding hydrogens is 341 g/mol. The average molecular weight is 347 g/mol. The zero-order valence-electron chi connectivity index (χ0n) is 8.82. The summed E-state index contributed by atoms with van der Waals surface area (Å²) in [5, 5.41) is 0. The fourth-order valence-corrected chi connectivity index (χ4v) is 3.38. The van der Waals surface area contributed by atoms with Crippen LogP contribution in [0.2, 0.25) is 4.34 Å². The molecule has 0 bridgehead atoms. The van der Waals surface area contributed by atoms with Crippen molar-refractivity contribution in [1.29, 1.82) is 0 Å². The summed E-state index contributed by atoms with van der Waals surface area (Å²) in [6.45, 7) is 0. The Bertz CT molecular complexity index is 733. The van der Waals surface area contributed by atoms with Gasteiger partial charge in [-0.2, -0.15) is 0 Å². The molecule has 3 aromatic rings. The number of thiophene rings is 1. The van der Waals surface area contributed by atoms with Crippen LogP contribution >= 0.6 is 38.9 Å². The van der Waals surface area contributed by atoms with Crippen LogP contribution in [0.1, 0.15) is 0 Å². The lowest BCUT2D eigenvalue weighted by Gasteiger charge is -1.96. The second-order valence-electron chi connectivity index (χ2n) is 3.65. The molecule has 0 aliphatic heterocycles. The normalized spacial score (nSPS) is 11.3. The Labute approximate surface area is 119 Å². The van der Waals surface area contributed by atoms with Gasteiger partial charge in [0, 0.05) is 10.7 Å². The summed E-state index contributed by atoms with van der Waals surface area (Å²) in [5.41, 5.74) is 7.19. The van der Waals surface area contributed by atoms with Crippen molar-refractivity contribution in [2.45, 2.75) is 0 Å². The van der Waals surface area contributed by atoms with Gasteiger partial charge in [-0.1, -0.05) is 11.6 Å². The molecule has 0 spiro atoms. The summed E-state index contributed by atoms with van der Waals surface area (Å²) in [5.74, 6) is 0.0402. The largest absolute Gasteiger partial charge is 0.383 e. The molecule has 0 saturated carbocycles. The second kappa shape index (κ2) is 4.22. The molecular formula is C11H6BrClFN3S. The Kier molecular flexibility index (Phi) is 2.80. The lowest BCUT2D eigenvalue weighted by Crippen LogP contribution is -1.94. The topological polar surface area (TPSA) is 43.3 Å². The van der Waals surface area contributed by atoms with Crippen molar-refractivity contribution in [3.05, 3.63) is 39.0 Å². The zero-order valence-corrected chi connectivity index (χ0v) is 12.0. The molecule has 3 heterocycles. The van der Waals surface area contributed by atoms with Crippen LogP contribution in [-0.4, -0.2) is 9.38 Å². The quantitative estimate of drug-likeness (QED) is 0.717. The van der Waals surface area contributed by atoms with Crippen LogP contribution in [0.15, 0.2) is 28.9 Å². The molecule has 3 nitrogen and oxygen atoms in total. The number of hydrogen-bond donors (Lipinski definition) is 1. The fourth-order valence-electron chi connectivity index (χ4n) is 1.68. The molecule has 0 saturated heterocycles. The van der Waals surface area contributed by atoms with E-state index >= 15 is 0 Å². The number of hydrogen-bond acceptors (Lipinski definition) is 3. The lowest BCUT2D eigenvalue weighted by atomic mass is 10.3. The zero-order chi connectivity index (χ0) is 12.9. The lowest BCUT2D eigenvalue weighted by molar-refractivity contribution is 0.619. The van der Waals surface area contributed by atoms with Gasteiger partial charge >= 0.3 is 0 Å².